The summed E-state index contributed by atoms with van der Waals surface area (Å²) in [6, 6.07) is 5.50. The number of amides is 2. The smallest absolute Gasteiger partial charge is 0.350 e. The highest BCUT2D eigenvalue weighted by Gasteiger charge is 2.20. The van der Waals surface area contributed by atoms with Crippen LogP contribution in [0.3, 0.4) is 0 Å². The molecule has 1 aromatic heterocycles. The maximum absolute atomic E-state index is 13.7. The monoisotopic (exact) mass is 374 g/mol. The molecule has 2 rings (SSSR count). The number of rotatable bonds is 4. The number of hydrazine groups is 2. The molecule has 1 aromatic carbocycles. The zero-order valence-corrected chi connectivity index (χ0v) is 13.1. The lowest BCUT2D eigenvalue weighted by atomic mass is 10.2. The van der Waals surface area contributed by atoms with Gasteiger partial charge in [0.25, 0.3) is 0 Å². The van der Waals surface area contributed by atoms with Crippen LogP contribution in [0.5, 0.6) is 5.75 Å². The topological polar surface area (TPSA) is 93.6 Å². The number of anilines is 1. The number of ether oxygens (including phenoxy) is 1. The van der Waals surface area contributed by atoms with Crippen LogP contribution in [0.4, 0.5) is 14.9 Å². The molecule has 0 saturated heterocycles. The molecular formula is C12H12BrFN4O2S. The zero-order valence-electron chi connectivity index (χ0n) is 10.7. The second kappa shape index (κ2) is 6.85. The van der Waals surface area contributed by atoms with Gasteiger partial charge in [-0.1, -0.05) is 6.07 Å². The second-order valence-corrected chi connectivity index (χ2v) is 5.72. The maximum Gasteiger partial charge on any atom is 0.350 e. The van der Waals surface area contributed by atoms with Crippen LogP contribution in [0.15, 0.2) is 34.1 Å². The highest BCUT2D eigenvalue weighted by molar-refractivity contribution is 9.10. The average Bonchev–Trinajstić information content (AvgIpc) is 3.00. The summed E-state index contributed by atoms with van der Waals surface area (Å²) in [4.78, 5) is 12.4. The molecule has 0 aliphatic carbocycles. The van der Waals surface area contributed by atoms with Crippen LogP contribution in [-0.2, 0) is 6.61 Å². The Balaban J connectivity index is 2.32. The van der Waals surface area contributed by atoms with Crippen LogP contribution in [0, 0.1) is 5.82 Å². The first-order valence-corrected chi connectivity index (χ1v) is 7.40. The van der Waals surface area contributed by atoms with Crippen molar-refractivity contribution in [2.75, 3.05) is 5.01 Å². The fraction of sp³-hybridized carbons (Fsp3) is 0.0833. The molecule has 0 fully saturated rings. The Morgan fingerprint density at radius 3 is 2.86 bits per heavy atom. The van der Waals surface area contributed by atoms with Crippen LogP contribution >= 0.6 is 27.3 Å². The highest BCUT2D eigenvalue weighted by Crippen LogP contribution is 2.37. The molecule has 0 saturated carbocycles. The van der Waals surface area contributed by atoms with Gasteiger partial charge in [-0.25, -0.2) is 25.9 Å². The number of benzene rings is 1. The average molecular weight is 375 g/mol. The second-order valence-electron chi connectivity index (χ2n) is 3.90. The first-order chi connectivity index (χ1) is 10.0. The van der Waals surface area contributed by atoms with Crippen molar-refractivity contribution in [2.24, 2.45) is 11.7 Å². The number of hydrogen-bond donors (Lipinski definition) is 3. The van der Waals surface area contributed by atoms with E-state index in [0.29, 0.717) is 0 Å². The minimum Gasteiger partial charge on any atom is -0.485 e. The summed E-state index contributed by atoms with van der Waals surface area (Å²) in [7, 11) is 0. The first kappa shape index (κ1) is 15.7. The number of carbonyl (C=O) groups excluding carboxylic acids is 1. The summed E-state index contributed by atoms with van der Waals surface area (Å²) in [5.74, 6) is 10.3. The van der Waals surface area contributed by atoms with E-state index >= 15 is 0 Å². The normalized spacial score (nSPS) is 10.3. The van der Waals surface area contributed by atoms with Crippen molar-refractivity contribution < 1.29 is 13.9 Å². The molecule has 6 nitrogen and oxygen atoms in total. The molecule has 2 amide bonds. The Labute approximate surface area is 132 Å². The molecule has 0 radical (unpaired) electrons. The van der Waals surface area contributed by atoms with E-state index in [-0.39, 0.29) is 22.5 Å². The van der Waals surface area contributed by atoms with Gasteiger partial charge in [-0.05, 0) is 39.5 Å². The van der Waals surface area contributed by atoms with Gasteiger partial charge in [-0.2, -0.15) is 0 Å². The van der Waals surface area contributed by atoms with E-state index in [1.807, 2.05) is 22.9 Å². The van der Waals surface area contributed by atoms with Gasteiger partial charge >= 0.3 is 6.03 Å². The van der Waals surface area contributed by atoms with E-state index in [0.717, 1.165) is 9.89 Å². The largest absolute Gasteiger partial charge is 0.485 e. The molecule has 0 aliphatic rings. The van der Waals surface area contributed by atoms with Crippen LogP contribution in [-0.4, -0.2) is 6.03 Å². The van der Waals surface area contributed by atoms with E-state index in [1.165, 1.54) is 23.5 Å². The Morgan fingerprint density at radius 1 is 1.48 bits per heavy atom. The summed E-state index contributed by atoms with van der Waals surface area (Å²) in [6.45, 7) is 0.227. The van der Waals surface area contributed by atoms with Gasteiger partial charge in [0.2, 0.25) is 0 Å². The summed E-state index contributed by atoms with van der Waals surface area (Å²) >= 11 is 4.59. The van der Waals surface area contributed by atoms with Gasteiger partial charge in [0.1, 0.15) is 18.1 Å². The summed E-state index contributed by atoms with van der Waals surface area (Å²) in [6.07, 6.45) is 0. The predicted molar refractivity (Wildman–Crippen MR) is 82.1 cm³/mol. The van der Waals surface area contributed by atoms with E-state index in [9.17, 15) is 9.18 Å². The molecule has 2 aromatic rings. The van der Waals surface area contributed by atoms with Crippen molar-refractivity contribution in [1.29, 1.82) is 0 Å². The fourth-order valence-corrected chi connectivity index (χ4v) is 2.63. The van der Waals surface area contributed by atoms with Crippen molar-refractivity contribution in [1.82, 2.24) is 5.43 Å². The third-order valence-corrected chi connectivity index (χ3v) is 4.16. The highest BCUT2D eigenvalue weighted by atomic mass is 79.9. The Morgan fingerprint density at radius 2 is 2.24 bits per heavy atom. The molecule has 0 spiro atoms. The number of hydrogen-bond acceptors (Lipinski definition) is 5. The van der Waals surface area contributed by atoms with Crippen molar-refractivity contribution in [3.05, 3.63) is 44.8 Å². The van der Waals surface area contributed by atoms with Crippen LogP contribution in [0.25, 0.3) is 0 Å². The molecule has 9 heteroatoms. The molecule has 0 atom stereocenters. The van der Waals surface area contributed by atoms with E-state index < -0.39 is 11.8 Å². The Hall–Kier alpha value is -1.68. The maximum atomic E-state index is 13.7. The van der Waals surface area contributed by atoms with Crippen molar-refractivity contribution >= 4 is 39.0 Å². The first-order valence-electron chi connectivity index (χ1n) is 5.73. The van der Waals surface area contributed by atoms with Gasteiger partial charge in [-0.15, -0.1) is 11.3 Å². The van der Waals surface area contributed by atoms with E-state index in [2.05, 4.69) is 15.9 Å². The quantitative estimate of drug-likeness (QED) is 0.435. The summed E-state index contributed by atoms with van der Waals surface area (Å²) < 4.78 is 19.3. The number of halogens is 2. The SMILES string of the molecule is NNC(=O)N(N)c1ccc(F)c(Br)c1OCc1cccs1. The van der Waals surface area contributed by atoms with E-state index in [4.69, 9.17) is 16.4 Å². The number of nitrogens with one attached hydrogen (secondary N) is 1. The van der Waals surface area contributed by atoms with Crippen molar-refractivity contribution in [3.63, 3.8) is 0 Å². The molecule has 1 heterocycles. The lowest BCUT2D eigenvalue weighted by Crippen LogP contribution is -2.47. The van der Waals surface area contributed by atoms with Gasteiger partial charge in [0.05, 0.1) is 4.47 Å². The Kier molecular flexibility index (Phi) is 5.12. The van der Waals surface area contributed by atoms with Crippen LogP contribution < -0.4 is 26.9 Å². The minimum atomic E-state index is -0.755. The lowest BCUT2D eigenvalue weighted by molar-refractivity contribution is 0.246. The van der Waals surface area contributed by atoms with E-state index in [1.54, 1.807) is 0 Å². The molecule has 112 valence electrons. The molecule has 0 bridgehead atoms. The third-order valence-electron chi connectivity index (χ3n) is 2.57. The van der Waals surface area contributed by atoms with Gasteiger partial charge in [0.15, 0.2) is 5.75 Å². The van der Waals surface area contributed by atoms with Crippen LogP contribution in [0.1, 0.15) is 4.88 Å². The lowest BCUT2D eigenvalue weighted by Gasteiger charge is -2.20. The number of carbonyl (C=O) groups is 1. The number of thiophene rings is 1. The fourth-order valence-electron chi connectivity index (χ4n) is 1.57. The number of nitrogens with zero attached hydrogens (tertiary/aromatic N) is 1. The standard InChI is InChI=1S/C12H12BrFN4O2S/c13-10-8(14)3-4-9(18(16)12(19)17-15)11(10)20-6-7-2-1-5-21-7/h1-5H,6,15-16H2,(H,17,19). The molecule has 21 heavy (non-hydrogen) atoms. The Bertz CT molecular complexity index is 638. The van der Waals surface area contributed by atoms with Gasteiger partial charge in [0, 0.05) is 4.88 Å². The predicted octanol–water partition coefficient (Wildman–Crippen LogP) is 2.49. The number of nitrogens with two attached hydrogens (primary N) is 2. The zero-order chi connectivity index (χ0) is 15.4. The molecule has 0 aliphatic heterocycles. The minimum absolute atomic E-state index is 0.0804. The summed E-state index contributed by atoms with van der Waals surface area (Å²) in [5.41, 5.74) is 2.08. The number of urea groups is 1. The third kappa shape index (κ3) is 3.50. The van der Waals surface area contributed by atoms with Crippen LogP contribution in [0.2, 0.25) is 0 Å². The van der Waals surface area contributed by atoms with Crippen molar-refractivity contribution in [2.45, 2.75) is 6.61 Å². The molecular weight excluding hydrogens is 363 g/mol. The van der Waals surface area contributed by atoms with Gasteiger partial charge in [-0.3, -0.25) is 5.43 Å². The molecule has 0 unspecified atom stereocenters. The molecule has 5 N–H and O–H groups in total. The summed E-state index contributed by atoms with van der Waals surface area (Å²) in [5, 5.41) is 2.64. The van der Waals surface area contributed by atoms with Crippen molar-refractivity contribution in [3.8, 4) is 5.75 Å². The van der Waals surface area contributed by atoms with Gasteiger partial charge < -0.3 is 4.74 Å².